The highest BCUT2D eigenvalue weighted by Gasteiger charge is 2.24. The minimum atomic E-state index is -0.438. The molecule has 0 radical (unpaired) electrons. The number of piperidine rings is 1. The molecule has 1 aromatic heterocycles. The normalized spacial score (nSPS) is 16.5. The van der Waals surface area contributed by atoms with Crippen molar-refractivity contribution in [2.75, 3.05) is 64.7 Å². The van der Waals surface area contributed by atoms with Gasteiger partial charge in [0.2, 0.25) is 5.91 Å². The Kier molecular flexibility index (Phi) is 11.2. The number of hydrogen-bond donors (Lipinski definition) is 1. The lowest BCUT2D eigenvalue weighted by Gasteiger charge is -2.32. The lowest BCUT2D eigenvalue weighted by molar-refractivity contribution is -0.128. The number of hydrogen-bond acceptors (Lipinski definition) is 7. The number of amides is 3. The number of benzene rings is 2. The summed E-state index contributed by atoms with van der Waals surface area (Å²) < 4.78 is 5.77. The molecule has 3 aromatic rings. The molecule has 10 heteroatoms. The van der Waals surface area contributed by atoms with Crippen LogP contribution < -0.4 is 5.32 Å². The van der Waals surface area contributed by atoms with E-state index in [2.05, 4.69) is 20.1 Å². The number of likely N-dealkylation sites (N-methyl/N-ethyl adjacent to an activating group) is 1. The second kappa shape index (κ2) is 15.6. The van der Waals surface area contributed by atoms with Gasteiger partial charge in [-0.3, -0.25) is 24.8 Å². The monoisotopic (exact) mass is 612 g/mol. The molecule has 0 spiro atoms. The van der Waals surface area contributed by atoms with Crippen molar-refractivity contribution in [1.29, 1.82) is 0 Å². The lowest BCUT2D eigenvalue weighted by atomic mass is 10.0. The summed E-state index contributed by atoms with van der Waals surface area (Å²) in [4.78, 5) is 50.2. The van der Waals surface area contributed by atoms with Gasteiger partial charge in [-0.15, -0.1) is 0 Å². The Labute approximate surface area is 266 Å². The van der Waals surface area contributed by atoms with Crippen LogP contribution in [0.15, 0.2) is 72.9 Å². The molecule has 3 heterocycles. The third-order valence-electron chi connectivity index (χ3n) is 8.64. The van der Waals surface area contributed by atoms with Gasteiger partial charge in [-0.1, -0.05) is 54.6 Å². The van der Waals surface area contributed by atoms with Crippen LogP contribution in [0.1, 0.15) is 42.2 Å². The molecule has 2 aliphatic rings. The van der Waals surface area contributed by atoms with E-state index in [1.807, 2.05) is 72.6 Å². The first kappa shape index (κ1) is 32.1. The van der Waals surface area contributed by atoms with E-state index in [-0.39, 0.29) is 17.9 Å². The number of carbonyl (C=O) groups excluding carboxylic acids is 3. The topological polar surface area (TPSA) is 98.3 Å². The van der Waals surface area contributed by atoms with Crippen LogP contribution in [0, 0.1) is 0 Å². The highest BCUT2D eigenvalue weighted by atomic mass is 16.6. The first-order valence-electron chi connectivity index (χ1n) is 15.9. The van der Waals surface area contributed by atoms with Gasteiger partial charge >= 0.3 is 6.09 Å². The molecule has 3 amide bonds. The van der Waals surface area contributed by atoms with Crippen LogP contribution in [0.2, 0.25) is 0 Å². The largest absolute Gasteiger partial charge is 0.446 e. The van der Waals surface area contributed by atoms with Crippen molar-refractivity contribution in [3.8, 4) is 11.1 Å². The van der Waals surface area contributed by atoms with Gasteiger partial charge in [0, 0.05) is 84.6 Å². The van der Waals surface area contributed by atoms with Gasteiger partial charge in [0.05, 0.1) is 5.69 Å². The summed E-state index contributed by atoms with van der Waals surface area (Å²) in [6.45, 7) is 8.64. The second-order valence-electron chi connectivity index (χ2n) is 11.9. The Balaban J connectivity index is 1.02. The van der Waals surface area contributed by atoms with E-state index < -0.39 is 6.09 Å². The zero-order chi connectivity index (χ0) is 31.6. The van der Waals surface area contributed by atoms with Crippen LogP contribution in [0.25, 0.3) is 11.1 Å². The quantitative estimate of drug-likeness (QED) is 0.378. The van der Waals surface area contributed by atoms with Crippen LogP contribution in [0.4, 0.5) is 10.5 Å². The third kappa shape index (κ3) is 9.12. The maximum atomic E-state index is 13.0. The van der Waals surface area contributed by atoms with Gasteiger partial charge in [0.1, 0.15) is 11.8 Å². The zero-order valence-electron chi connectivity index (χ0n) is 26.4. The number of likely N-dealkylation sites (tertiary alicyclic amines) is 1. The molecule has 0 bridgehead atoms. The fourth-order valence-electron chi connectivity index (χ4n) is 5.94. The first-order valence-corrected chi connectivity index (χ1v) is 15.9. The predicted octanol–water partition coefficient (Wildman–Crippen LogP) is 4.59. The standard InChI is InChI=1S/C35H44N6O4/c1-27(42)41-18-8-17-40(23-24-41)26-28-13-14-33(36-25-28)34(43)38(2)21-22-39-19-15-30(16-20-39)45-35(44)37-32-12-7-6-11-31(32)29-9-4-3-5-10-29/h3-7,9-14,25,30H,8,15-24,26H2,1-2H3,(H,37,44). The number of carbonyl (C=O) groups is 3. The summed E-state index contributed by atoms with van der Waals surface area (Å²) in [6, 6.07) is 21.5. The summed E-state index contributed by atoms with van der Waals surface area (Å²) in [7, 11) is 1.81. The number of nitrogens with one attached hydrogen (secondary N) is 1. The minimum absolute atomic E-state index is 0.0981. The van der Waals surface area contributed by atoms with Gasteiger partial charge in [-0.25, -0.2) is 4.79 Å². The summed E-state index contributed by atoms with van der Waals surface area (Å²) in [5.74, 6) is 0.0321. The zero-order valence-corrected chi connectivity index (χ0v) is 26.4. The van der Waals surface area contributed by atoms with Crippen molar-refractivity contribution in [2.24, 2.45) is 0 Å². The molecular weight excluding hydrogens is 568 g/mol. The molecular formula is C35H44N6O4. The van der Waals surface area contributed by atoms with E-state index in [0.29, 0.717) is 12.2 Å². The van der Waals surface area contributed by atoms with Gasteiger partial charge in [-0.05, 0) is 42.5 Å². The molecule has 2 aromatic carbocycles. The number of rotatable bonds is 9. The number of ether oxygens (including phenoxy) is 1. The third-order valence-corrected chi connectivity index (χ3v) is 8.64. The van der Waals surface area contributed by atoms with E-state index in [1.54, 1.807) is 24.1 Å². The van der Waals surface area contributed by atoms with E-state index in [4.69, 9.17) is 4.74 Å². The van der Waals surface area contributed by atoms with Crippen molar-refractivity contribution in [3.63, 3.8) is 0 Å². The fourth-order valence-corrected chi connectivity index (χ4v) is 5.94. The molecule has 0 saturated carbocycles. The molecule has 0 atom stereocenters. The van der Waals surface area contributed by atoms with Crippen molar-refractivity contribution < 1.29 is 19.1 Å². The minimum Gasteiger partial charge on any atom is -0.446 e. The van der Waals surface area contributed by atoms with Gasteiger partial charge in [-0.2, -0.15) is 0 Å². The smallest absolute Gasteiger partial charge is 0.411 e. The lowest BCUT2D eigenvalue weighted by Crippen LogP contribution is -2.42. The number of para-hydroxylation sites is 1. The van der Waals surface area contributed by atoms with Crippen LogP contribution in [0.5, 0.6) is 0 Å². The highest BCUT2D eigenvalue weighted by molar-refractivity contribution is 5.92. The average Bonchev–Trinajstić information content (AvgIpc) is 3.31. The highest BCUT2D eigenvalue weighted by Crippen LogP contribution is 2.28. The molecule has 10 nitrogen and oxygen atoms in total. The van der Waals surface area contributed by atoms with Gasteiger partial charge < -0.3 is 19.4 Å². The molecule has 2 aliphatic heterocycles. The Morgan fingerprint density at radius 2 is 1.64 bits per heavy atom. The van der Waals surface area contributed by atoms with Gasteiger partial charge in [0.15, 0.2) is 0 Å². The summed E-state index contributed by atoms with van der Waals surface area (Å²) in [5, 5.41) is 2.93. The molecule has 238 valence electrons. The number of anilines is 1. The van der Waals surface area contributed by atoms with Crippen LogP contribution >= 0.6 is 0 Å². The molecule has 45 heavy (non-hydrogen) atoms. The molecule has 2 saturated heterocycles. The Hall–Kier alpha value is -4.28. The van der Waals surface area contributed by atoms with E-state index in [9.17, 15) is 14.4 Å². The Bertz CT molecular complexity index is 1430. The van der Waals surface area contributed by atoms with Crippen LogP contribution in [-0.4, -0.2) is 108 Å². The number of aromatic nitrogens is 1. The van der Waals surface area contributed by atoms with E-state index in [0.717, 1.165) is 94.0 Å². The van der Waals surface area contributed by atoms with Crippen molar-refractivity contribution in [3.05, 3.63) is 84.2 Å². The van der Waals surface area contributed by atoms with Crippen LogP contribution in [-0.2, 0) is 16.1 Å². The summed E-state index contributed by atoms with van der Waals surface area (Å²) >= 11 is 0. The SMILES string of the molecule is CC(=O)N1CCCN(Cc2ccc(C(=O)N(C)CCN3CCC(OC(=O)Nc4ccccc4-c4ccccc4)CC3)nc2)CC1. The van der Waals surface area contributed by atoms with Crippen molar-refractivity contribution in [2.45, 2.75) is 38.8 Å². The van der Waals surface area contributed by atoms with E-state index >= 15 is 0 Å². The van der Waals surface area contributed by atoms with Gasteiger partial charge in [0.25, 0.3) is 5.91 Å². The van der Waals surface area contributed by atoms with Crippen molar-refractivity contribution in [1.82, 2.24) is 24.6 Å². The molecule has 0 aliphatic carbocycles. The predicted molar refractivity (Wildman–Crippen MR) is 175 cm³/mol. The summed E-state index contributed by atoms with van der Waals surface area (Å²) in [6.07, 6.45) is 3.66. The molecule has 5 rings (SSSR count). The summed E-state index contributed by atoms with van der Waals surface area (Å²) in [5.41, 5.74) is 4.20. The fraction of sp³-hybridized carbons (Fsp3) is 0.429. The van der Waals surface area contributed by atoms with E-state index in [1.165, 1.54) is 0 Å². The number of pyridine rings is 1. The molecule has 0 unspecified atom stereocenters. The average molecular weight is 613 g/mol. The first-order chi connectivity index (χ1) is 21.9. The Morgan fingerprint density at radius 1 is 0.889 bits per heavy atom. The maximum Gasteiger partial charge on any atom is 0.411 e. The van der Waals surface area contributed by atoms with Crippen molar-refractivity contribution >= 4 is 23.6 Å². The second-order valence-corrected chi connectivity index (χ2v) is 11.9. The molecule has 1 N–H and O–H groups in total. The number of nitrogens with zero attached hydrogens (tertiary/aromatic N) is 5. The Morgan fingerprint density at radius 3 is 2.38 bits per heavy atom. The van der Waals surface area contributed by atoms with Crippen LogP contribution in [0.3, 0.4) is 0 Å². The maximum absolute atomic E-state index is 13.0. The molecule has 2 fully saturated rings.